The smallest absolute Gasteiger partial charge is 0.164 e. The lowest BCUT2D eigenvalue weighted by Crippen LogP contribution is -2.00. The molecule has 0 unspecified atom stereocenters. The molecule has 0 amide bonds. The average molecular weight is 676 g/mol. The van der Waals surface area contributed by atoms with Crippen LogP contribution in [0.1, 0.15) is 6.85 Å². The van der Waals surface area contributed by atoms with Crippen LogP contribution in [0, 0.1) is 0 Å². The monoisotopic (exact) mass is 675 g/mol. The number of fused-ring (bicyclic) bond motifs is 10. The first-order valence-corrected chi connectivity index (χ1v) is 17.3. The van der Waals surface area contributed by atoms with Gasteiger partial charge in [0.25, 0.3) is 0 Å². The second-order valence-electron chi connectivity index (χ2n) is 12.5. The lowest BCUT2D eigenvalue weighted by molar-refractivity contribution is 0.669. The third kappa shape index (κ3) is 4.37. The van der Waals surface area contributed by atoms with Gasteiger partial charge in [0.05, 0.1) is 22.6 Å². The Hall–Kier alpha value is -6.63. The molecule has 0 aliphatic heterocycles. The number of nitrogens with zero attached hydrogens (tertiary/aromatic N) is 4. The lowest BCUT2D eigenvalue weighted by Gasteiger charge is -2.09. The van der Waals surface area contributed by atoms with E-state index >= 15 is 0 Å². The van der Waals surface area contributed by atoms with Crippen LogP contribution in [0.5, 0.6) is 0 Å². The quantitative estimate of drug-likeness (QED) is 0.186. The first kappa shape index (κ1) is 23.7. The summed E-state index contributed by atoms with van der Waals surface area (Å²) in [7, 11) is 0. The molecule has 7 aromatic carbocycles. The van der Waals surface area contributed by atoms with Crippen LogP contribution in [0.15, 0.2) is 162 Å². The molecule has 5 nitrogen and oxygen atoms in total. The van der Waals surface area contributed by atoms with Gasteiger partial charge in [0, 0.05) is 59.4 Å². The van der Waals surface area contributed by atoms with Crippen LogP contribution in [0.2, 0.25) is 0 Å². The van der Waals surface area contributed by atoms with Crippen LogP contribution >= 0.6 is 11.3 Å². The van der Waals surface area contributed by atoms with Crippen LogP contribution in [0.4, 0.5) is 0 Å². The van der Waals surface area contributed by atoms with E-state index < -0.39 is 18.1 Å². The van der Waals surface area contributed by atoms with Crippen molar-refractivity contribution in [3.8, 4) is 39.9 Å². The molecule has 0 saturated carbocycles. The summed E-state index contributed by atoms with van der Waals surface area (Å²) in [5.41, 5.74) is 5.92. The van der Waals surface area contributed by atoms with E-state index in [1.807, 2.05) is 65.9 Å². The Kier molecular flexibility index (Phi) is 5.08. The van der Waals surface area contributed by atoms with E-state index in [0.29, 0.717) is 22.5 Å². The zero-order chi connectivity index (χ0) is 37.8. The molecule has 51 heavy (non-hydrogen) atoms. The maximum Gasteiger partial charge on any atom is 0.164 e. The molecular formula is C45H26N4OS. The first-order chi connectivity index (χ1) is 27.3. The summed E-state index contributed by atoms with van der Waals surface area (Å²) in [5, 5.41) is 6.77. The molecule has 0 fully saturated rings. The molecule has 11 aromatic rings. The second kappa shape index (κ2) is 10.9. The Labute approximate surface area is 302 Å². The van der Waals surface area contributed by atoms with Crippen LogP contribution in [-0.4, -0.2) is 19.5 Å². The summed E-state index contributed by atoms with van der Waals surface area (Å²) in [5.74, 6) is 0.575. The minimum Gasteiger partial charge on any atom is -0.456 e. The minimum atomic E-state index is -0.480. The van der Waals surface area contributed by atoms with E-state index in [0.717, 1.165) is 27.6 Å². The van der Waals surface area contributed by atoms with Gasteiger partial charge in [0.1, 0.15) is 11.2 Å². The van der Waals surface area contributed by atoms with Crippen molar-refractivity contribution in [3.05, 3.63) is 158 Å². The normalized spacial score (nSPS) is 13.3. The van der Waals surface area contributed by atoms with Gasteiger partial charge in [0.15, 0.2) is 17.5 Å². The number of hydrogen-bond donors (Lipinski definition) is 0. The van der Waals surface area contributed by atoms with Gasteiger partial charge >= 0.3 is 0 Å². The number of furan rings is 1. The number of thiophene rings is 1. The lowest BCUT2D eigenvalue weighted by atomic mass is 10.1. The molecule has 4 aromatic heterocycles. The van der Waals surface area contributed by atoms with Crippen LogP contribution < -0.4 is 0 Å². The Morgan fingerprint density at radius 2 is 1.22 bits per heavy atom. The highest BCUT2D eigenvalue weighted by molar-refractivity contribution is 7.26. The number of benzene rings is 7. The van der Waals surface area contributed by atoms with Gasteiger partial charge in [0.2, 0.25) is 0 Å². The molecule has 238 valence electrons. The van der Waals surface area contributed by atoms with Gasteiger partial charge in [-0.15, -0.1) is 11.3 Å². The fourth-order valence-corrected chi connectivity index (χ4v) is 8.48. The number of aromatic nitrogens is 4. The minimum absolute atomic E-state index is 0.0147. The second-order valence-corrected chi connectivity index (χ2v) is 13.5. The largest absolute Gasteiger partial charge is 0.456 e. The Balaban J connectivity index is 1.10. The summed E-state index contributed by atoms with van der Waals surface area (Å²) in [6.07, 6.45) is 0. The molecule has 0 N–H and O–H groups in total. The fraction of sp³-hybridized carbons (Fsp3) is 0. The zero-order valence-electron chi connectivity index (χ0n) is 31.7. The maximum atomic E-state index is 8.63. The highest BCUT2D eigenvalue weighted by atomic mass is 32.1. The van der Waals surface area contributed by atoms with E-state index in [1.165, 1.54) is 36.5 Å². The predicted molar refractivity (Wildman–Crippen MR) is 211 cm³/mol. The highest BCUT2D eigenvalue weighted by Gasteiger charge is 2.19. The summed E-state index contributed by atoms with van der Waals surface area (Å²) in [4.78, 5) is 14.1. The van der Waals surface area contributed by atoms with Crippen molar-refractivity contribution in [2.75, 3.05) is 0 Å². The van der Waals surface area contributed by atoms with Crippen molar-refractivity contribution >= 4 is 75.3 Å². The molecule has 0 spiro atoms. The number of hydrogen-bond acceptors (Lipinski definition) is 5. The van der Waals surface area contributed by atoms with Gasteiger partial charge in [-0.25, -0.2) is 15.0 Å². The van der Waals surface area contributed by atoms with E-state index in [2.05, 4.69) is 82.3 Å². The number of rotatable bonds is 4. The van der Waals surface area contributed by atoms with Gasteiger partial charge in [-0.05, 0) is 42.5 Å². The molecule has 6 heteroatoms. The number of para-hydroxylation sites is 1. The summed E-state index contributed by atoms with van der Waals surface area (Å²) >= 11 is 1.82. The van der Waals surface area contributed by atoms with Crippen molar-refractivity contribution in [2.24, 2.45) is 0 Å². The molecule has 11 rings (SSSR count). The van der Waals surface area contributed by atoms with Gasteiger partial charge < -0.3 is 8.98 Å². The van der Waals surface area contributed by atoms with Crippen LogP contribution in [-0.2, 0) is 0 Å². The molecule has 0 aliphatic carbocycles. The van der Waals surface area contributed by atoms with Crippen molar-refractivity contribution in [1.29, 1.82) is 0 Å². The molecule has 0 radical (unpaired) electrons. The zero-order valence-corrected chi connectivity index (χ0v) is 27.5. The Morgan fingerprint density at radius 3 is 2.08 bits per heavy atom. The van der Waals surface area contributed by atoms with Crippen LogP contribution in [0.25, 0.3) is 104 Å². The molecule has 0 bridgehead atoms. The van der Waals surface area contributed by atoms with Crippen molar-refractivity contribution in [3.63, 3.8) is 0 Å². The van der Waals surface area contributed by atoms with Crippen molar-refractivity contribution in [2.45, 2.75) is 0 Å². The fourth-order valence-electron chi connectivity index (χ4n) is 7.24. The third-order valence-electron chi connectivity index (χ3n) is 9.54. The Morgan fingerprint density at radius 1 is 0.510 bits per heavy atom. The van der Waals surface area contributed by atoms with Gasteiger partial charge in [-0.2, -0.15) is 0 Å². The van der Waals surface area contributed by atoms with Crippen molar-refractivity contribution < 1.29 is 11.3 Å². The van der Waals surface area contributed by atoms with Crippen molar-refractivity contribution in [1.82, 2.24) is 19.5 Å². The Bertz CT molecular complexity index is 3420. The molecule has 0 saturated heterocycles. The molecule has 4 heterocycles. The van der Waals surface area contributed by atoms with E-state index in [9.17, 15) is 0 Å². The van der Waals surface area contributed by atoms with Crippen LogP contribution in [0.3, 0.4) is 0 Å². The van der Waals surface area contributed by atoms with E-state index in [4.69, 9.17) is 21.2 Å². The molecular weight excluding hydrogens is 645 g/mol. The predicted octanol–water partition coefficient (Wildman–Crippen LogP) is 12.2. The summed E-state index contributed by atoms with van der Waals surface area (Å²) in [6.45, 7) is 0. The third-order valence-corrected chi connectivity index (χ3v) is 10.7. The summed E-state index contributed by atoms with van der Waals surface area (Å²) < 4.78 is 53.2. The topological polar surface area (TPSA) is 56.7 Å². The van der Waals surface area contributed by atoms with E-state index in [1.54, 1.807) is 0 Å². The first-order valence-electron chi connectivity index (χ1n) is 19.0. The maximum absolute atomic E-state index is 8.63. The van der Waals surface area contributed by atoms with E-state index in [-0.39, 0.29) is 29.3 Å². The summed E-state index contributed by atoms with van der Waals surface area (Å²) in [6, 6.07) is 40.9. The SMILES string of the molecule is [2H]c1c([2H])c([2H])c(-c2nc(-c3ccccc3)nc(-c3ccc4c(c3)oc3ccc(-n5c6ccccc6c6ccc7c8ccccc8sc7c65)cc34)n2)c([2H])c1[2H]. The van der Waals surface area contributed by atoms with Gasteiger partial charge in [-0.3, -0.25) is 0 Å². The highest BCUT2D eigenvalue weighted by Crippen LogP contribution is 2.43. The van der Waals surface area contributed by atoms with Gasteiger partial charge in [-0.1, -0.05) is 115 Å². The molecule has 0 atom stereocenters. The molecule has 0 aliphatic rings. The average Bonchev–Trinajstić information content (AvgIpc) is 3.91. The standard InChI is InChI=1S/C45H26N4OS/c1-3-11-27(12-4-1)43-46-44(28-13-5-2-6-14-28)48-45(47-43)29-19-21-32-36-26-30(20-24-38(36)50-39(32)25-29)49-37-17-9-7-15-31(37)34-22-23-35-33-16-8-10-18-40(33)51-42(35)41(34)49/h1-26H/i1D,3D,4D,11D,12D.